The molecule has 0 unspecified atom stereocenters. The number of rotatable bonds is 5. The zero-order chi connectivity index (χ0) is 17.0. The molecule has 130 valence electrons. The second-order valence-electron chi connectivity index (χ2n) is 6.24. The van der Waals surface area contributed by atoms with Crippen molar-refractivity contribution in [3.63, 3.8) is 0 Å². The number of hydrogen-bond acceptors (Lipinski definition) is 5. The first-order valence-electron chi connectivity index (χ1n) is 8.35. The van der Waals surface area contributed by atoms with Gasteiger partial charge in [0.05, 0.1) is 11.9 Å². The summed E-state index contributed by atoms with van der Waals surface area (Å²) in [5.41, 5.74) is 0.479. The van der Waals surface area contributed by atoms with Crippen LogP contribution < -0.4 is 10.0 Å². The first-order chi connectivity index (χ1) is 11.5. The number of nitrogens with one attached hydrogen (secondary N) is 2. The largest absolute Gasteiger partial charge is 0.367 e. The molecule has 0 bridgehead atoms. The average Bonchev–Trinajstić information content (AvgIpc) is 2.84. The van der Waals surface area contributed by atoms with Gasteiger partial charge in [-0.25, -0.2) is 13.4 Å². The van der Waals surface area contributed by atoms with E-state index in [1.807, 2.05) is 13.0 Å². The summed E-state index contributed by atoms with van der Waals surface area (Å²) in [6.45, 7) is 1.89. The van der Waals surface area contributed by atoms with Gasteiger partial charge in [0, 0.05) is 10.9 Å². The van der Waals surface area contributed by atoms with E-state index in [0.717, 1.165) is 10.7 Å². The first kappa shape index (κ1) is 17.2. The molecule has 2 aromatic rings. The van der Waals surface area contributed by atoms with Crippen LogP contribution in [0.3, 0.4) is 0 Å². The van der Waals surface area contributed by atoms with E-state index in [-0.39, 0.29) is 0 Å². The van der Waals surface area contributed by atoms with Crippen LogP contribution in [0.4, 0.5) is 11.5 Å². The first-order valence-corrected chi connectivity index (χ1v) is 10.6. The van der Waals surface area contributed by atoms with Gasteiger partial charge in [-0.1, -0.05) is 25.7 Å². The lowest BCUT2D eigenvalue weighted by Gasteiger charge is -2.17. The highest BCUT2D eigenvalue weighted by Gasteiger charge is 2.17. The normalized spacial score (nSPS) is 16.5. The van der Waals surface area contributed by atoms with E-state index in [9.17, 15) is 8.42 Å². The molecule has 1 saturated carbocycles. The molecule has 24 heavy (non-hydrogen) atoms. The Hall–Kier alpha value is -1.60. The lowest BCUT2D eigenvalue weighted by molar-refractivity contribution is 0.603. The third-order valence-electron chi connectivity index (χ3n) is 4.20. The van der Waals surface area contributed by atoms with E-state index < -0.39 is 10.0 Å². The molecule has 2 heterocycles. The highest BCUT2D eigenvalue weighted by molar-refractivity contribution is 7.94. The Balaban J connectivity index is 1.64. The molecule has 0 atom stereocenters. The Kier molecular flexibility index (Phi) is 5.40. The summed E-state index contributed by atoms with van der Waals surface area (Å²) in [6, 6.07) is 7.48. The van der Waals surface area contributed by atoms with E-state index in [1.54, 1.807) is 24.4 Å². The molecule has 7 heteroatoms. The minimum absolute atomic E-state index is 0.320. The van der Waals surface area contributed by atoms with Crippen LogP contribution in [-0.4, -0.2) is 19.4 Å². The van der Waals surface area contributed by atoms with Gasteiger partial charge in [0.2, 0.25) is 0 Å². The van der Waals surface area contributed by atoms with Crippen molar-refractivity contribution in [2.45, 2.75) is 55.7 Å². The van der Waals surface area contributed by atoms with Crippen molar-refractivity contribution in [2.75, 3.05) is 10.0 Å². The number of pyridine rings is 1. The number of nitrogens with zero attached hydrogens (tertiary/aromatic N) is 1. The second kappa shape index (κ2) is 7.53. The molecule has 2 N–H and O–H groups in total. The number of aromatic nitrogens is 1. The molecular weight excluding hydrogens is 342 g/mol. The SMILES string of the molecule is Cc1ccc(S(=O)(=O)Nc2ccc(NC3CCCCCC3)nc2)s1. The van der Waals surface area contributed by atoms with Gasteiger partial charge < -0.3 is 5.32 Å². The van der Waals surface area contributed by atoms with E-state index >= 15 is 0 Å². The van der Waals surface area contributed by atoms with Crippen molar-refractivity contribution in [1.29, 1.82) is 0 Å². The fourth-order valence-corrected chi connectivity index (χ4v) is 5.26. The highest BCUT2D eigenvalue weighted by atomic mass is 32.2. The maximum absolute atomic E-state index is 12.3. The molecule has 0 saturated heterocycles. The van der Waals surface area contributed by atoms with E-state index in [2.05, 4.69) is 15.0 Å². The van der Waals surface area contributed by atoms with Crippen molar-refractivity contribution in [2.24, 2.45) is 0 Å². The van der Waals surface area contributed by atoms with E-state index in [0.29, 0.717) is 15.9 Å². The van der Waals surface area contributed by atoms with Gasteiger partial charge in [0.15, 0.2) is 0 Å². The fourth-order valence-electron chi connectivity index (χ4n) is 2.93. The summed E-state index contributed by atoms with van der Waals surface area (Å²) in [4.78, 5) is 5.32. The molecule has 0 aliphatic heterocycles. The standard InChI is InChI=1S/C17H23N3O2S2/c1-13-8-11-17(23-13)24(21,22)20-15-9-10-16(18-12-15)19-14-6-4-2-3-5-7-14/h8-12,14,20H,2-7H2,1H3,(H,18,19). The highest BCUT2D eigenvalue weighted by Crippen LogP contribution is 2.24. The third kappa shape index (κ3) is 4.48. The monoisotopic (exact) mass is 365 g/mol. The minimum atomic E-state index is -3.53. The van der Waals surface area contributed by atoms with Crippen LogP contribution in [0.5, 0.6) is 0 Å². The summed E-state index contributed by atoms with van der Waals surface area (Å²) in [6.07, 6.45) is 9.06. The molecule has 5 nitrogen and oxygen atoms in total. The zero-order valence-corrected chi connectivity index (χ0v) is 15.4. The smallest absolute Gasteiger partial charge is 0.271 e. The minimum Gasteiger partial charge on any atom is -0.367 e. The van der Waals surface area contributed by atoms with Gasteiger partial charge in [-0.2, -0.15) is 0 Å². The Morgan fingerprint density at radius 2 is 1.83 bits per heavy atom. The summed E-state index contributed by atoms with van der Waals surface area (Å²) >= 11 is 1.26. The molecule has 1 aliphatic carbocycles. The van der Waals surface area contributed by atoms with Gasteiger partial charge in [-0.15, -0.1) is 11.3 Å². The van der Waals surface area contributed by atoms with Crippen LogP contribution >= 0.6 is 11.3 Å². The van der Waals surface area contributed by atoms with Crippen LogP contribution in [0.1, 0.15) is 43.4 Å². The lowest BCUT2D eigenvalue weighted by Crippen LogP contribution is -2.19. The van der Waals surface area contributed by atoms with Crippen LogP contribution in [-0.2, 0) is 10.0 Å². The molecule has 0 radical (unpaired) electrons. The quantitative estimate of drug-likeness (QED) is 0.771. The van der Waals surface area contributed by atoms with Crippen LogP contribution in [0.25, 0.3) is 0 Å². The fraction of sp³-hybridized carbons (Fsp3) is 0.471. The summed E-state index contributed by atoms with van der Waals surface area (Å²) in [5.74, 6) is 0.803. The van der Waals surface area contributed by atoms with Crippen molar-refractivity contribution >= 4 is 32.9 Å². The predicted molar refractivity (Wildman–Crippen MR) is 99.2 cm³/mol. The Morgan fingerprint density at radius 3 is 2.42 bits per heavy atom. The molecule has 2 aromatic heterocycles. The Bertz CT molecular complexity index is 761. The summed E-state index contributed by atoms with van der Waals surface area (Å²) in [5, 5.41) is 3.46. The lowest BCUT2D eigenvalue weighted by atomic mass is 10.1. The molecular formula is C17H23N3O2S2. The van der Waals surface area contributed by atoms with Gasteiger partial charge in [-0.3, -0.25) is 4.72 Å². The maximum Gasteiger partial charge on any atom is 0.271 e. The van der Waals surface area contributed by atoms with Crippen LogP contribution in [0, 0.1) is 6.92 Å². The summed E-state index contributed by atoms with van der Waals surface area (Å²) < 4.78 is 27.5. The van der Waals surface area contributed by atoms with Crippen molar-refractivity contribution in [3.8, 4) is 0 Å². The van der Waals surface area contributed by atoms with Crippen molar-refractivity contribution in [1.82, 2.24) is 4.98 Å². The Morgan fingerprint density at radius 1 is 1.08 bits per heavy atom. The molecule has 0 aromatic carbocycles. The average molecular weight is 366 g/mol. The number of thiophene rings is 1. The molecule has 0 amide bonds. The Labute approximate surface area is 147 Å². The second-order valence-corrected chi connectivity index (χ2v) is 9.43. The molecule has 1 fully saturated rings. The van der Waals surface area contributed by atoms with Crippen molar-refractivity contribution in [3.05, 3.63) is 35.3 Å². The topological polar surface area (TPSA) is 71.1 Å². The number of hydrogen-bond donors (Lipinski definition) is 2. The number of aryl methyl sites for hydroxylation is 1. The molecule has 1 aliphatic rings. The van der Waals surface area contributed by atoms with E-state index in [1.165, 1.54) is 49.9 Å². The van der Waals surface area contributed by atoms with Gasteiger partial charge in [-0.05, 0) is 44.0 Å². The molecule has 0 spiro atoms. The van der Waals surface area contributed by atoms with Crippen LogP contribution in [0.2, 0.25) is 0 Å². The number of sulfonamides is 1. The number of anilines is 2. The predicted octanol–water partition coefficient (Wildman–Crippen LogP) is 4.39. The molecule has 3 rings (SSSR count). The van der Waals surface area contributed by atoms with Crippen molar-refractivity contribution < 1.29 is 8.42 Å². The van der Waals surface area contributed by atoms with Crippen LogP contribution in [0.15, 0.2) is 34.7 Å². The third-order valence-corrected chi connectivity index (χ3v) is 7.08. The van der Waals surface area contributed by atoms with E-state index in [4.69, 9.17) is 0 Å². The van der Waals surface area contributed by atoms with Gasteiger partial charge in [0.1, 0.15) is 10.0 Å². The maximum atomic E-state index is 12.3. The zero-order valence-electron chi connectivity index (χ0n) is 13.8. The van der Waals surface area contributed by atoms with Gasteiger partial charge >= 0.3 is 0 Å². The van der Waals surface area contributed by atoms with Gasteiger partial charge in [0.25, 0.3) is 10.0 Å². The summed E-state index contributed by atoms with van der Waals surface area (Å²) in [7, 11) is -3.53.